The van der Waals surface area contributed by atoms with Crippen molar-refractivity contribution < 1.29 is 13.5 Å². The molecule has 0 saturated heterocycles. The maximum atomic E-state index is 13.5. The lowest BCUT2D eigenvalue weighted by molar-refractivity contribution is 0.404. The predicted molar refractivity (Wildman–Crippen MR) is 57.4 cm³/mol. The standard InChI is InChI=1S/C12H15F2NO/c1-16-8-6-10(13)9(11(14)7-8)2-3-12(15)4-5-12/h6-7H,2-5,15H2,1H3. The van der Waals surface area contributed by atoms with Crippen LogP contribution in [0.3, 0.4) is 0 Å². The first-order chi connectivity index (χ1) is 7.54. The Labute approximate surface area is 93.4 Å². The van der Waals surface area contributed by atoms with Gasteiger partial charge >= 0.3 is 0 Å². The van der Waals surface area contributed by atoms with Gasteiger partial charge in [-0.3, -0.25) is 0 Å². The summed E-state index contributed by atoms with van der Waals surface area (Å²) >= 11 is 0. The average Bonchev–Trinajstić information content (AvgIpc) is 2.95. The molecule has 1 aliphatic carbocycles. The second-order valence-corrected chi connectivity index (χ2v) is 4.43. The van der Waals surface area contributed by atoms with Crippen LogP contribution >= 0.6 is 0 Å². The van der Waals surface area contributed by atoms with Gasteiger partial charge in [0.05, 0.1) is 7.11 Å². The summed E-state index contributed by atoms with van der Waals surface area (Å²) in [6, 6.07) is 2.41. The monoisotopic (exact) mass is 227 g/mol. The number of methoxy groups -OCH3 is 1. The van der Waals surface area contributed by atoms with Crippen molar-refractivity contribution in [1.29, 1.82) is 0 Å². The van der Waals surface area contributed by atoms with Gasteiger partial charge in [-0.15, -0.1) is 0 Å². The molecule has 1 aromatic rings. The molecule has 4 heteroatoms. The fourth-order valence-corrected chi connectivity index (χ4v) is 1.72. The number of ether oxygens (including phenoxy) is 1. The van der Waals surface area contributed by atoms with Gasteiger partial charge in [0.15, 0.2) is 0 Å². The van der Waals surface area contributed by atoms with E-state index in [4.69, 9.17) is 10.5 Å². The van der Waals surface area contributed by atoms with E-state index < -0.39 is 11.6 Å². The Morgan fingerprint density at radius 2 is 1.88 bits per heavy atom. The van der Waals surface area contributed by atoms with Crippen LogP contribution in [0.25, 0.3) is 0 Å². The van der Waals surface area contributed by atoms with E-state index in [9.17, 15) is 8.78 Å². The minimum absolute atomic E-state index is 0.109. The van der Waals surface area contributed by atoms with Gasteiger partial charge in [0.25, 0.3) is 0 Å². The van der Waals surface area contributed by atoms with Crippen molar-refractivity contribution in [3.63, 3.8) is 0 Å². The normalized spacial score (nSPS) is 17.2. The number of benzene rings is 1. The largest absolute Gasteiger partial charge is 0.497 e. The maximum absolute atomic E-state index is 13.5. The summed E-state index contributed by atoms with van der Waals surface area (Å²) in [5.41, 5.74) is 5.81. The third-order valence-corrected chi connectivity index (χ3v) is 3.12. The number of hydrogen-bond acceptors (Lipinski definition) is 2. The van der Waals surface area contributed by atoms with Gasteiger partial charge in [-0.2, -0.15) is 0 Å². The fraction of sp³-hybridized carbons (Fsp3) is 0.500. The number of halogens is 2. The maximum Gasteiger partial charge on any atom is 0.133 e. The van der Waals surface area contributed by atoms with Crippen molar-refractivity contribution in [1.82, 2.24) is 0 Å². The van der Waals surface area contributed by atoms with Crippen molar-refractivity contribution >= 4 is 0 Å². The average molecular weight is 227 g/mol. The Balaban J connectivity index is 2.13. The predicted octanol–water partition coefficient (Wildman–Crippen LogP) is 2.40. The SMILES string of the molecule is COc1cc(F)c(CCC2(N)CC2)c(F)c1. The summed E-state index contributed by atoms with van der Waals surface area (Å²) in [5, 5.41) is 0. The molecule has 0 aliphatic heterocycles. The van der Waals surface area contributed by atoms with Crippen LogP contribution in [0.5, 0.6) is 5.75 Å². The van der Waals surface area contributed by atoms with Crippen LogP contribution in [-0.4, -0.2) is 12.6 Å². The van der Waals surface area contributed by atoms with Gasteiger partial charge < -0.3 is 10.5 Å². The highest BCUT2D eigenvalue weighted by atomic mass is 19.1. The summed E-state index contributed by atoms with van der Waals surface area (Å²) in [4.78, 5) is 0. The molecule has 0 amide bonds. The van der Waals surface area contributed by atoms with E-state index in [1.807, 2.05) is 0 Å². The minimum Gasteiger partial charge on any atom is -0.497 e. The van der Waals surface area contributed by atoms with E-state index >= 15 is 0 Å². The number of rotatable bonds is 4. The lowest BCUT2D eigenvalue weighted by Gasteiger charge is -2.10. The molecule has 0 heterocycles. The zero-order valence-electron chi connectivity index (χ0n) is 9.22. The number of nitrogens with two attached hydrogens (primary N) is 1. The van der Waals surface area contributed by atoms with Crippen LogP contribution < -0.4 is 10.5 Å². The highest BCUT2D eigenvalue weighted by Crippen LogP contribution is 2.37. The van der Waals surface area contributed by atoms with Gasteiger partial charge in [0.2, 0.25) is 0 Å². The van der Waals surface area contributed by atoms with Crippen molar-refractivity contribution in [2.45, 2.75) is 31.2 Å². The molecule has 0 bridgehead atoms. The van der Waals surface area contributed by atoms with Crippen LogP contribution in [0.1, 0.15) is 24.8 Å². The fourth-order valence-electron chi connectivity index (χ4n) is 1.72. The molecule has 88 valence electrons. The lowest BCUT2D eigenvalue weighted by Crippen LogP contribution is -2.22. The quantitative estimate of drug-likeness (QED) is 0.857. The summed E-state index contributed by atoms with van der Waals surface area (Å²) in [7, 11) is 1.38. The van der Waals surface area contributed by atoms with Gasteiger partial charge in [0.1, 0.15) is 17.4 Å². The first kappa shape index (κ1) is 11.3. The Morgan fingerprint density at radius 1 is 1.31 bits per heavy atom. The zero-order valence-corrected chi connectivity index (χ0v) is 9.22. The van der Waals surface area contributed by atoms with E-state index in [0.29, 0.717) is 12.8 Å². The zero-order chi connectivity index (χ0) is 11.8. The first-order valence-corrected chi connectivity index (χ1v) is 5.35. The Kier molecular flexibility index (Phi) is 2.84. The third-order valence-electron chi connectivity index (χ3n) is 3.12. The molecular formula is C12H15F2NO. The molecule has 0 atom stereocenters. The summed E-state index contributed by atoms with van der Waals surface area (Å²) in [6.07, 6.45) is 2.88. The van der Waals surface area contributed by atoms with Crippen LogP contribution in [0.15, 0.2) is 12.1 Å². The van der Waals surface area contributed by atoms with Gasteiger partial charge in [-0.05, 0) is 25.7 Å². The van der Waals surface area contributed by atoms with Gasteiger partial charge in [-0.25, -0.2) is 8.78 Å². The summed E-state index contributed by atoms with van der Waals surface area (Å²) < 4.78 is 31.8. The van der Waals surface area contributed by atoms with Crippen molar-refractivity contribution in [2.75, 3.05) is 7.11 Å². The molecule has 0 unspecified atom stereocenters. The molecule has 16 heavy (non-hydrogen) atoms. The van der Waals surface area contributed by atoms with Crippen LogP contribution in [-0.2, 0) is 6.42 Å². The van der Waals surface area contributed by atoms with Crippen LogP contribution in [0, 0.1) is 11.6 Å². The molecule has 0 aromatic heterocycles. The minimum atomic E-state index is -0.555. The van der Waals surface area contributed by atoms with Gasteiger partial charge in [-0.1, -0.05) is 0 Å². The van der Waals surface area contributed by atoms with Crippen LogP contribution in [0.2, 0.25) is 0 Å². The third kappa shape index (κ3) is 2.32. The lowest BCUT2D eigenvalue weighted by atomic mass is 10.0. The molecule has 1 aliphatic rings. The first-order valence-electron chi connectivity index (χ1n) is 5.35. The van der Waals surface area contributed by atoms with Gasteiger partial charge in [0, 0.05) is 23.2 Å². The molecule has 1 fully saturated rings. The topological polar surface area (TPSA) is 35.2 Å². The van der Waals surface area contributed by atoms with E-state index in [1.165, 1.54) is 19.2 Å². The van der Waals surface area contributed by atoms with Crippen molar-refractivity contribution in [3.05, 3.63) is 29.3 Å². The van der Waals surface area contributed by atoms with Crippen molar-refractivity contribution in [2.24, 2.45) is 5.73 Å². The molecule has 0 spiro atoms. The second-order valence-electron chi connectivity index (χ2n) is 4.43. The summed E-state index contributed by atoms with van der Waals surface area (Å²) in [5.74, 6) is -0.908. The molecule has 2 nitrogen and oxygen atoms in total. The van der Waals surface area contributed by atoms with E-state index in [0.717, 1.165) is 12.8 Å². The van der Waals surface area contributed by atoms with Crippen molar-refractivity contribution in [3.8, 4) is 5.75 Å². The summed E-state index contributed by atoms with van der Waals surface area (Å²) in [6.45, 7) is 0. The Hall–Kier alpha value is -1.16. The molecule has 0 radical (unpaired) electrons. The number of hydrogen-bond donors (Lipinski definition) is 1. The highest BCUT2D eigenvalue weighted by Gasteiger charge is 2.37. The highest BCUT2D eigenvalue weighted by molar-refractivity contribution is 5.31. The van der Waals surface area contributed by atoms with Crippen LogP contribution in [0.4, 0.5) is 8.78 Å². The molecule has 1 aromatic carbocycles. The molecule has 2 N–H and O–H groups in total. The molecule has 1 saturated carbocycles. The Bertz CT molecular complexity index is 379. The van der Waals surface area contributed by atoms with E-state index in [2.05, 4.69) is 0 Å². The smallest absolute Gasteiger partial charge is 0.133 e. The second kappa shape index (κ2) is 4.01. The van der Waals surface area contributed by atoms with E-state index in [1.54, 1.807) is 0 Å². The molecule has 2 rings (SSSR count). The molecular weight excluding hydrogens is 212 g/mol. The Morgan fingerprint density at radius 3 is 2.31 bits per heavy atom. The van der Waals surface area contributed by atoms with E-state index in [-0.39, 0.29) is 16.9 Å².